The lowest BCUT2D eigenvalue weighted by Gasteiger charge is -2.16. The van der Waals surface area contributed by atoms with Gasteiger partial charge in [-0.25, -0.2) is 0 Å². The lowest BCUT2D eigenvalue weighted by atomic mass is 9.91. The molecule has 0 radical (unpaired) electrons. The van der Waals surface area contributed by atoms with Crippen molar-refractivity contribution in [2.24, 2.45) is 5.16 Å². The molecule has 1 aliphatic heterocycles. The number of hydrogen-bond donors (Lipinski definition) is 0. The summed E-state index contributed by atoms with van der Waals surface area (Å²) in [6.07, 6.45) is 7.77. The van der Waals surface area contributed by atoms with Gasteiger partial charge in [0.1, 0.15) is 0 Å². The van der Waals surface area contributed by atoms with Gasteiger partial charge in [0.05, 0.1) is 18.9 Å². The number of allylic oxidation sites excluding steroid dienone is 4. The highest BCUT2D eigenvalue weighted by Gasteiger charge is 2.18. The molecule has 20 heavy (non-hydrogen) atoms. The molecule has 0 spiro atoms. The van der Waals surface area contributed by atoms with Crippen LogP contribution >= 0.6 is 0 Å². The fourth-order valence-corrected chi connectivity index (χ4v) is 2.24. The third-order valence-electron chi connectivity index (χ3n) is 3.23. The first-order valence-corrected chi connectivity index (χ1v) is 6.76. The Morgan fingerprint density at radius 1 is 1.10 bits per heavy atom. The Balaban J connectivity index is 1.66. The Labute approximate surface area is 118 Å². The average molecular weight is 271 g/mol. The summed E-state index contributed by atoms with van der Waals surface area (Å²) in [5.74, 6) is 0.131. The van der Waals surface area contributed by atoms with Gasteiger partial charge in [0, 0.05) is 5.92 Å². The van der Waals surface area contributed by atoms with Crippen LogP contribution in [0.25, 0.3) is 0 Å². The molecule has 1 atom stereocenters. The maximum Gasteiger partial charge on any atom is 0.194 e. The highest BCUT2D eigenvalue weighted by atomic mass is 16.7. The first-order chi connectivity index (χ1) is 9.93. The molecule has 104 valence electrons. The van der Waals surface area contributed by atoms with Crippen LogP contribution in [-0.4, -0.2) is 31.8 Å². The van der Waals surface area contributed by atoms with Crippen LogP contribution < -0.4 is 0 Å². The van der Waals surface area contributed by atoms with Gasteiger partial charge in [-0.3, -0.25) is 0 Å². The Morgan fingerprint density at radius 2 is 1.90 bits per heavy atom. The van der Waals surface area contributed by atoms with E-state index in [0.29, 0.717) is 19.8 Å². The van der Waals surface area contributed by atoms with E-state index in [0.717, 1.165) is 5.71 Å². The highest BCUT2D eigenvalue weighted by molar-refractivity contribution is 6.02. The number of ether oxygens (including phenoxy) is 2. The molecule has 1 saturated heterocycles. The van der Waals surface area contributed by atoms with Crippen molar-refractivity contribution in [2.75, 3.05) is 19.8 Å². The van der Waals surface area contributed by atoms with Crippen molar-refractivity contribution in [2.45, 2.75) is 12.2 Å². The van der Waals surface area contributed by atoms with E-state index in [4.69, 9.17) is 14.3 Å². The normalized spacial score (nSPS) is 24.4. The van der Waals surface area contributed by atoms with Gasteiger partial charge in [-0.05, 0) is 11.6 Å². The largest absolute Gasteiger partial charge is 0.390 e. The highest BCUT2D eigenvalue weighted by Crippen LogP contribution is 2.22. The van der Waals surface area contributed by atoms with Crippen molar-refractivity contribution >= 4 is 5.71 Å². The van der Waals surface area contributed by atoms with E-state index in [2.05, 4.69) is 23.4 Å². The van der Waals surface area contributed by atoms with Crippen LogP contribution in [0.1, 0.15) is 11.5 Å². The van der Waals surface area contributed by atoms with Crippen LogP contribution in [0, 0.1) is 0 Å². The zero-order chi connectivity index (χ0) is 13.6. The predicted molar refractivity (Wildman–Crippen MR) is 76.5 cm³/mol. The van der Waals surface area contributed by atoms with Crippen LogP contribution in [-0.2, 0) is 14.3 Å². The van der Waals surface area contributed by atoms with E-state index in [9.17, 15) is 0 Å². The Bertz CT molecular complexity index is 516. The monoisotopic (exact) mass is 271 g/mol. The molecule has 3 rings (SSSR count). The minimum absolute atomic E-state index is 0.131. The second kappa shape index (κ2) is 6.50. The fraction of sp³-hybridized carbons (Fsp3) is 0.312. The van der Waals surface area contributed by atoms with Crippen molar-refractivity contribution < 1.29 is 14.3 Å². The van der Waals surface area contributed by atoms with Crippen LogP contribution in [0.15, 0.2) is 59.8 Å². The summed E-state index contributed by atoms with van der Waals surface area (Å²) in [6, 6.07) is 10.2. The molecule has 4 nitrogen and oxygen atoms in total. The van der Waals surface area contributed by atoms with Gasteiger partial charge in [0.15, 0.2) is 12.9 Å². The fourth-order valence-electron chi connectivity index (χ4n) is 2.24. The lowest BCUT2D eigenvalue weighted by molar-refractivity contribution is -0.0935. The number of benzene rings is 1. The third-order valence-corrected chi connectivity index (χ3v) is 3.23. The molecule has 0 saturated carbocycles. The first kappa shape index (κ1) is 13.1. The van der Waals surface area contributed by atoms with Crippen molar-refractivity contribution in [1.82, 2.24) is 0 Å². The zero-order valence-electron chi connectivity index (χ0n) is 11.1. The quantitative estimate of drug-likeness (QED) is 0.790. The summed E-state index contributed by atoms with van der Waals surface area (Å²) in [6.45, 7) is 1.57. The second-order valence-corrected chi connectivity index (χ2v) is 4.62. The van der Waals surface area contributed by atoms with Crippen LogP contribution in [0.3, 0.4) is 0 Å². The second-order valence-electron chi connectivity index (χ2n) is 4.62. The topological polar surface area (TPSA) is 40.0 Å². The number of hydrogen-bond acceptors (Lipinski definition) is 4. The van der Waals surface area contributed by atoms with E-state index in [1.165, 1.54) is 5.56 Å². The molecule has 4 heteroatoms. The van der Waals surface area contributed by atoms with E-state index in [1.54, 1.807) is 0 Å². The van der Waals surface area contributed by atoms with E-state index < -0.39 is 0 Å². The van der Waals surface area contributed by atoms with Gasteiger partial charge >= 0.3 is 0 Å². The molecule has 1 unspecified atom stereocenters. The van der Waals surface area contributed by atoms with Gasteiger partial charge in [0.25, 0.3) is 0 Å². The molecule has 0 bridgehead atoms. The molecule has 1 aromatic rings. The number of rotatable bonds is 4. The molecule has 1 aliphatic carbocycles. The van der Waals surface area contributed by atoms with E-state index in [1.807, 2.05) is 36.4 Å². The molecule has 0 N–H and O–H groups in total. The molecule has 0 amide bonds. The molecule has 1 fully saturated rings. The lowest BCUT2D eigenvalue weighted by Crippen LogP contribution is -2.16. The summed E-state index contributed by atoms with van der Waals surface area (Å²) in [5, 5.41) is 4.22. The molecular weight excluding hydrogens is 254 g/mol. The standard InChI is InChI=1S/C16H17NO3/c1-2-6-13(7-3-1)14-8-4-5-9-15(14)17-20-12-16-18-10-11-19-16/h1-9,14,16H,10-12H2. The van der Waals surface area contributed by atoms with Crippen LogP contribution in [0.2, 0.25) is 0 Å². The average Bonchev–Trinajstić information content (AvgIpc) is 3.02. The minimum Gasteiger partial charge on any atom is -0.390 e. The zero-order valence-corrected chi connectivity index (χ0v) is 11.1. The summed E-state index contributed by atoms with van der Waals surface area (Å²) in [4.78, 5) is 5.36. The third kappa shape index (κ3) is 3.15. The maximum atomic E-state index is 5.36. The van der Waals surface area contributed by atoms with Crippen molar-refractivity contribution in [1.29, 1.82) is 0 Å². The summed E-state index contributed by atoms with van der Waals surface area (Å²) in [5.41, 5.74) is 2.08. The van der Waals surface area contributed by atoms with E-state index in [-0.39, 0.29) is 12.2 Å². The molecule has 0 aromatic heterocycles. The molecular formula is C16H17NO3. The molecule has 2 aliphatic rings. The Morgan fingerprint density at radius 3 is 2.70 bits per heavy atom. The SMILES string of the molecule is C1=CC(=NOCC2OCCO2)C(c2ccccc2)C=C1. The van der Waals surface area contributed by atoms with Gasteiger partial charge in [0.2, 0.25) is 0 Å². The predicted octanol–water partition coefficient (Wildman–Crippen LogP) is 2.64. The Kier molecular flexibility index (Phi) is 4.25. The molecule has 1 aromatic carbocycles. The summed E-state index contributed by atoms with van der Waals surface area (Å²) >= 11 is 0. The number of nitrogens with zero attached hydrogens (tertiary/aromatic N) is 1. The smallest absolute Gasteiger partial charge is 0.194 e. The van der Waals surface area contributed by atoms with Gasteiger partial charge in [-0.1, -0.05) is 53.7 Å². The van der Waals surface area contributed by atoms with Crippen molar-refractivity contribution in [3.05, 3.63) is 60.2 Å². The summed E-state index contributed by atoms with van der Waals surface area (Å²) in [7, 11) is 0. The minimum atomic E-state index is -0.294. The van der Waals surface area contributed by atoms with Crippen LogP contribution in [0.5, 0.6) is 0 Å². The van der Waals surface area contributed by atoms with Crippen molar-refractivity contribution in [3.63, 3.8) is 0 Å². The van der Waals surface area contributed by atoms with Gasteiger partial charge in [-0.2, -0.15) is 0 Å². The summed E-state index contributed by atoms with van der Waals surface area (Å²) < 4.78 is 10.6. The molecule has 1 heterocycles. The van der Waals surface area contributed by atoms with E-state index >= 15 is 0 Å². The maximum absolute atomic E-state index is 5.36. The van der Waals surface area contributed by atoms with Crippen molar-refractivity contribution in [3.8, 4) is 0 Å². The van der Waals surface area contributed by atoms with Crippen LogP contribution in [0.4, 0.5) is 0 Å². The van der Waals surface area contributed by atoms with Gasteiger partial charge < -0.3 is 14.3 Å². The first-order valence-electron chi connectivity index (χ1n) is 6.76. The van der Waals surface area contributed by atoms with Gasteiger partial charge in [-0.15, -0.1) is 0 Å². The number of oxime groups is 1. The Hall–Kier alpha value is -1.91.